The van der Waals surface area contributed by atoms with Gasteiger partial charge in [0.2, 0.25) is 5.91 Å². The van der Waals surface area contributed by atoms with Crippen LogP contribution in [0.25, 0.3) is 10.9 Å². The van der Waals surface area contributed by atoms with E-state index in [2.05, 4.69) is 37.8 Å². The predicted molar refractivity (Wildman–Crippen MR) is 115 cm³/mol. The van der Waals surface area contributed by atoms with Crippen molar-refractivity contribution in [1.82, 2.24) is 9.88 Å². The fourth-order valence-corrected chi connectivity index (χ4v) is 3.76. The van der Waals surface area contributed by atoms with Crippen molar-refractivity contribution in [2.75, 3.05) is 32.1 Å². The largest absolute Gasteiger partial charge is 0.376 e. The molecule has 0 unspecified atom stereocenters. The molecule has 1 amide bonds. The van der Waals surface area contributed by atoms with Gasteiger partial charge in [-0.15, -0.1) is 6.58 Å². The van der Waals surface area contributed by atoms with Crippen molar-refractivity contribution in [1.29, 1.82) is 0 Å². The standard InChI is InChI=1S/C23H31N3O2/c1-5-6-12-21(27)26(16-20-11-8-13-28-20)15-19-14-18-10-7-9-17(2)22(18)24-23(19)25(3)4/h5,7,9-10,14,20H,1,6,8,11-13,15-16H2,2-4H3/t20-/m0/s1. The van der Waals surface area contributed by atoms with Gasteiger partial charge in [-0.2, -0.15) is 0 Å². The number of aryl methyl sites for hydroxylation is 1. The van der Waals surface area contributed by atoms with Gasteiger partial charge in [-0.05, 0) is 37.8 Å². The molecular weight excluding hydrogens is 350 g/mol. The molecule has 0 radical (unpaired) electrons. The summed E-state index contributed by atoms with van der Waals surface area (Å²) >= 11 is 0. The number of allylic oxidation sites excluding steroid dienone is 1. The van der Waals surface area contributed by atoms with Gasteiger partial charge in [-0.3, -0.25) is 4.79 Å². The van der Waals surface area contributed by atoms with E-state index >= 15 is 0 Å². The van der Waals surface area contributed by atoms with Gasteiger partial charge in [0.1, 0.15) is 5.82 Å². The van der Waals surface area contributed by atoms with Gasteiger partial charge in [-0.25, -0.2) is 4.98 Å². The van der Waals surface area contributed by atoms with E-state index in [9.17, 15) is 4.79 Å². The molecule has 0 spiro atoms. The molecule has 1 fully saturated rings. The lowest BCUT2D eigenvalue weighted by molar-refractivity contribution is -0.133. The number of rotatable bonds is 8. The second kappa shape index (κ2) is 9.20. The number of amides is 1. The molecule has 1 atom stereocenters. The minimum Gasteiger partial charge on any atom is -0.376 e. The number of fused-ring (bicyclic) bond motifs is 1. The Morgan fingerprint density at radius 2 is 2.21 bits per heavy atom. The quantitative estimate of drug-likeness (QED) is 0.646. The summed E-state index contributed by atoms with van der Waals surface area (Å²) in [5.41, 5.74) is 3.23. The van der Waals surface area contributed by atoms with Crippen molar-refractivity contribution < 1.29 is 9.53 Å². The molecule has 150 valence electrons. The fraction of sp³-hybridized carbons (Fsp3) is 0.478. The Balaban J connectivity index is 1.93. The van der Waals surface area contributed by atoms with E-state index in [0.29, 0.717) is 25.9 Å². The van der Waals surface area contributed by atoms with Gasteiger partial charge in [0.25, 0.3) is 0 Å². The highest BCUT2D eigenvalue weighted by molar-refractivity contribution is 5.85. The van der Waals surface area contributed by atoms with Crippen LogP contribution >= 0.6 is 0 Å². The zero-order valence-corrected chi connectivity index (χ0v) is 17.3. The van der Waals surface area contributed by atoms with Gasteiger partial charge in [0.15, 0.2) is 0 Å². The van der Waals surface area contributed by atoms with Gasteiger partial charge in [0.05, 0.1) is 11.6 Å². The van der Waals surface area contributed by atoms with Crippen LogP contribution < -0.4 is 4.90 Å². The van der Waals surface area contributed by atoms with Crippen molar-refractivity contribution in [3.63, 3.8) is 0 Å². The first-order chi connectivity index (χ1) is 13.5. The molecule has 5 heteroatoms. The summed E-state index contributed by atoms with van der Waals surface area (Å²) in [7, 11) is 4.00. The van der Waals surface area contributed by atoms with Crippen LogP contribution in [0.4, 0.5) is 5.82 Å². The zero-order chi connectivity index (χ0) is 20.1. The van der Waals surface area contributed by atoms with Gasteiger partial charge in [0, 0.05) is 51.2 Å². The zero-order valence-electron chi connectivity index (χ0n) is 17.3. The van der Waals surface area contributed by atoms with Crippen LogP contribution in [0.5, 0.6) is 0 Å². The molecular formula is C23H31N3O2. The normalized spacial score (nSPS) is 16.3. The van der Waals surface area contributed by atoms with Crippen molar-refractivity contribution in [2.45, 2.75) is 45.3 Å². The topological polar surface area (TPSA) is 45.7 Å². The summed E-state index contributed by atoms with van der Waals surface area (Å²) in [5, 5.41) is 1.11. The molecule has 1 saturated heterocycles. The predicted octanol–water partition coefficient (Wildman–Crippen LogP) is 4.08. The average Bonchev–Trinajstić information content (AvgIpc) is 3.18. The Morgan fingerprint density at radius 3 is 2.89 bits per heavy atom. The third-order valence-corrected chi connectivity index (χ3v) is 5.25. The third-order valence-electron chi connectivity index (χ3n) is 5.25. The molecule has 2 aromatic rings. The Bertz CT molecular complexity index is 841. The molecule has 2 heterocycles. The highest BCUT2D eigenvalue weighted by atomic mass is 16.5. The number of hydrogen-bond acceptors (Lipinski definition) is 4. The maximum absolute atomic E-state index is 12.9. The number of nitrogens with zero attached hydrogens (tertiary/aromatic N) is 3. The number of anilines is 1. The van der Waals surface area contributed by atoms with E-state index < -0.39 is 0 Å². The summed E-state index contributed by atoms with van der Waals surface area (Å²) in [6, 6.07) is 8.39. The number of pyridine rings is 1. The monoisotopic (exact) mass is 381 g/mol. The maximum Gasteiger partial charge on any atom is 0.223 e. The average molecular weight is 382 g/mol. The molecule has 1 aromatic carbocycles. The van der Waals surface area contributed by atoms with Crippen LogP contribution in [-0.2, 0) is 16.1 Å². The number of aromatic nitrogens is 1. The summed E-state index contributed by atoms with van der Waals surface area (Å²) < 4.78 is 5.80. The molecule has 5 nitrogen and oxygen atoms in total. The summed E-state index contributed by atoms with van der Waals surface area (Å²) in [6.07, 6.45) is 5.18. The molecule has 1 aliphatic rings. The first kappa shape index (κ1) is 20.3. The first-order valence-electron chi connectivity index (χ1n) is 10.1. The molecule has 3 rings (SSSR count). The molecule has 1 aliphatic heterocycles. The van der Waals surface area contributed by atoms with E-state index in [0.717, 1.165) is 47.3 Å². The molecule has 0 aliphatic carbocycles. The summed E-state index contributed by atoms with van der Waals surface area (Å²) in [4.78, 5) is 21.8. The molecule has 0 saturated carbocycles. The molecule has 28 heavy (non-hydrogen) atoms. The first-order valence-corrected chi connectivity index (χ1v) is 10.1. The van der Waals surface area contributed by atoms with Gasteiger partial charge >= 0.3 is 0 Å². The SMILES string of the molecule is C=CCCC(=O)N(Cc1cc2cccc(C)c2nc1N(C)C)C[C@@H]1CCCO1. The van der Waals surface area contributed by atoms with Gasteiger partial charge < -0.3 is 14.5 Å². The Labute approximate surface area is 168 Å². The van der Waals surface area contributed by atoms with E-state index in [1.807, 2.05) is 23.9 Å². The maximum atomic E-state index is 12.9. The minimum atomic E-state index is 0.131. The Morgan fingerprint density at radius 1 is 1.39 bits per heavy atom. The lowest BCUT2D eigenvalue weighted by atomic mass is 10.1. The number of carbonyl (C=O) groups is 1. The molecule has 0 N–H and O–H groups in total. The molecule has 0 bridgehead atoms. The van der Waals surface area contributed by atoms with Crippen LogP contribution in [0.1, 0.15) is 36.8 Å². The number of hydrogen-bond donors (Lipinski definition) is 0. The minimum absolute atomic E-state index is 0.131. The molecule has 1 aromatic heterocycles. The summed E-state index contributed by atoms with van der Waals surface area (Å²) in [5.74, 6) is 1.06. The van der Waals surface area contributed by atoms with Crippen molar-refractivity contribution in [2.24, 2.45) is 0 Å². The lowest BCUT2D eigenvalue weighted by Crippen LogP contribution is -2.37. The van der Waals surface area contributed by atoms with Crippen molar-refractivity contribution >= 4 is 22.6 Å². The van der Waals surface area contributed by atoms with Gasteiger partial charge in [-0.1, -0.05) is 24.3 Å². The van der Waals surface area contributed by atoms with Crippen molar-refractivity contribution in [3.05, 3.63) is 48.0 Å². The summed E-state index contributed by atoms with van der Waals surface area (Å²) in [6.45, 7) is 7.79. The van der Waals surface area contributed by atoms with Crippen LogP contribution in [-0.4, -0.2) is 49.1 Å². The highest BCUT2D eigenvalue weighted by Crippen LogP contribution is 2.26. The van der Waals surface area contributed by atoms with E-state index in [4.69, 9.17) is 9.72 Å². The Hall–Kier alpha value is -2.40. The van der Waals surface area contributed by atoms with Crippen LogP contribution in [0.2, 0.25) is 0 Å². The second-order valence-corrected chi connectivity index (χ2v) is 7.75. The van der Waals surface area contributed by atoms with E-state index in [-0.39, 0.29) is 12.0 Å². The smallest absolute Gasteiger partial charge is 0.223 e. The van der Waals surface area contributed by atoms with Crippen LogP contribution in [0.15, 0.2) is 36.9 Å². The van der Waals surface area contributed by atoms with Crippen molar-refractivity contribution in [3.8, 4) is 0 Å². The number of carbonyl (C=O) groups excluding carboxylic acids is 1. The fourth-order valence-electron chi connectivity index (χ4n) is 3.76. The van der Waals surface area contributed by atoms with E-state index in [1.54, 1.807) is 6.08 Å². The van der Waals surface area contributed by atoms with Crippen LogP contribution in [0, 0.1) is 6.92 Å². The lowest BCUT2D eigenvalue weighted by Gasteiger charge is -2.27. The number of para-hydroxylation sites is 1. The third kappa shape index (κ3) is 4.71. The Kier molecular flexibility index (Phi) is 6.68. The number of benzene rings is 1. The number of ether oxygens (including phenoxy) is 1. The second-order valence-electron chi connectivity index (χ2n) is 7.75. The van der Waals surface area contributed by atoms with Crippen LogP contribution in [0.3, 0.4) is 0 Å². The van der Waals surface area contributed by atoms with E-state index in [1.165, 1.54) is 0 Å². The highest BCUT2D eigenvalue weighted by Gasteiger charge is 2.24.